The molecule has 0 bridgehead atoms. The maximum absolute atomic E-state index is 12.5. The van der Waals surface area contributed by atoms with Gasteiger partial charge in [-0.25, -0.2) is 9.48 Å². The van der Waals surface area contributed by atoms with Gasteiger partial charge in [-0.15, -0.1) is 0 Å². The Labute approximate surface area is 168 Å². The second-order valence-electron chi connectivity index (χ2n) is 7.41. The molecule has 1 aromatic heterocycles. The van der Waals surface area contributed by atoms with E-state index in [0.29, 0.717) is 19.5 Å². The molecule has 2 aliphatic heterocycles. The van der Waals surface area contributed by atoms with E-state index in [1.165, 1.54) is 0 Å². The third-order valence-electron chi connectivity index (χ3n) is 5.58. The number of fused-ring (bicyclic) bond motifs is 1. The molecule has 7 heteroatoms. The Morgan fingerprint density at radius 3 is 2.62 bits per heavy atom. The Morgan fingerprint density at radius 1 is 1.03 bits per heavy atom. The highest BCUT2D eigenvalue weighted by Crippen LogP contribution is 2.40. The highest BCUT2D eigenvalue weighted by molar-refractivity contribution is 5.98. The first-order valence-corrected chi connectivity index (χ1v) is 9.71. The van der Waals surface area contributed by atoms with Gasteiger partial charge in [-0.1, -0.05) is 24.3 Å². The van der Waals surface area contributed by atoms with Gasteiger partial charge in [-0.2, -0.15) is 5.10 Å². The summed E-state index contributed by atoms with van der Waals surface area (Å²) in [5.41, 5.74) is 5.52. The molecule has 7 nitrogen and oxygen atoms in total. The monoisotopic (exact) mass is 387 g/mol. The van der Waals surface area contributed by atoms with Crippen LogP contribution in [0.1, 0.15) is 29.2 Å². The van der Waals surface area contributed by atoms with Crippen molar-refractivity contribution in [3.63, 3.8) is 0 Å². The number of para-hydroxylation sites is 1. The summed E-state index contributed by atoms with van der Waals surface area (Å²) in [6.07, 6.45) is 2.39. The average Bonchev–Trinajstić information content (AvgIpc) is 3.33. The maximum Gasteiger partial charge on any atom is 0.321 e. The van der Waals surface area contributed by atoms with Crippen molar-refractivity contribution in [1.29, 1.82) is 0 Å². The fourth-order valence-electron chi connectivity index (χ4n) is 4.14. The number of hydrogen-bond acceptors (Lipinski definition) is 3. The van der Waals surface area contributed by atoms with Crippen molar-refractivity contribution >= 4 is 23.3 Å². The standard InChI is InChI=1S/C22H21N5O2/c1-14-19(13-27(25-14)15-5-3-2-4-6-15)18-12-21(28)24-20-11-16(7-8-17(18)20)26-10-9-23-22(26)29/h2-8,11,13,18H,9-10,12H2,1H3,(H,23,29)(H,24,28). The molecule has 2 aliphatic rings. The summed E-state index contributed by atoms with van der Waals surface area (Å²) >= 11 is 0. The van der Waals surface area contributed by atoms with Crippen LogP contribution in [0.5, 0.6) is 0 Å². The molecule has 146 valence electrons. The number of amides is 3. The number of nitrogens with one attached hydrogen (secondary N) is 2. The van der Waals surface area contributed by atoms with Gasteiger partial charge in [-0.05, 0) is 36.8 Å². The zero-order chi connectivity index (χ0) is 20.0. The first-order valence-electron chi connectivity index (χ1n) is 9.71. The Bertz CT molecular complexity index is 1110. The maximum atomic E-state index is 12.5. The van der Waals surface area contributed by atoms with Crippen LogP contribution in [0.3, 0.4) is 0 Å². The van der Waals surface area contributed by atoms with Gasteiger partial charge in [0.25, 0.3) is 0 Å². The zero-order valence-electron chi connectivity index (χ0n) is 16.1. The number of carbonyl (C=O) groups is 2. The molecule has 0 radical (unpaired) electrons. The highest BCUT2D eigenvalue weighted by atomic mass is 16.2. The van der Waals surface area contributed by atoms with Crippen molar-refractivity contribution in [3.8, 4) is 5.69 Å². The molecular weight excluding hydrogens is 366 g/mol. The highest BCUT2D eigenvalue weighted by Gasteiger charge is 2.30. The van der Waals surface area contributed by atoms with Crippen LogP contribution in [0.25, 0.3) is 5.69 Å². The van der Waals surface area contributed by atoms with Crippen molar-refractivity contribution in [2.75, 3.05) is 23.3 Å². The second-order valence-corrected chi connectivity index (χ2v) is 7.41. The van der Waals surface area contributed by atoms with Gasteiger partial charge in [0.1, 0.15) is 0 Å². The number of hydrogen-bond donors (Lipinski definition) is 2. The van der Waals surface area contributed by atoms with E-state index in [4.69, 9.17) is 0 Å². The lowest BCUT2D eigenvalue weighted by atomic mass is 9.85. The largest absolute Gasteiger partial charge is 0.336 e. The summed E-state index contributed by atoms with van der Waals surface area (Å²) in [6.45, 7) is 3.23. The number of urea groups is 1. The summed E-state index contributed by atoms with van der Waals surface area (Å²) < 4.78 is 1.86. The molecule has 0 aliphatic carbocycles. The van der Waals surface area contributed by atoms with E-state index in [9.17, 15) is 9.59 Å². The van der Waals surface area contributed by atoms with E-state index in [-0.39, 0.29) is 17.9 Å². The number of benzene rings is 2. The Kier molecular flexibility index (Phi) is 4.08. The molecule has 1 unspecified atom stereocenters. The van der Waals surface area contributed by atoms with Crippen LogP contribution in [0.2, 0.25) is 0 Å². The lowest BCUT2D eigenvalue weighted by molar-refractivity contribution is -0.116. The molecule has 3 amide bonds. The normalized spacial score (nSPS) is 18.4. The quantitative estimate of drug-likeness (QED) is 0.724. The molecule has 0 spiro atoms. The first kappa shape index (κ1) is 17.5. The molecule has 3 aromatic rings. The van der Waals surface area contributed by atoms with E-state index in [1.807, 2.05) is 66.3 Å². The van der Waals surface area contributed by atoms with Crippen LogP contribution in [-0.2, 0) is 4.79 Å². The molecule has 2 N–H and O–H groups in total. The second kappa shape index (κ2) is 6.77. The van der Waals surface area contributed by atoms with E-state index >= 15 is 0 Å². The molecule has 1 saturated heterocycles. The van der Waals surface area contributed by atoms with Crippen molar-refractivity contribution in [2.45, 2.75) is 19.3 Å². The first-order chi connectivity index (χ1) is 14.1. The van der Waals surface area contributed by atoms with E-state index in [1.54, 1.807) is 4.90 Å². The van der Waals surface area contributed by atoms with Crippen LogP contribution in [0, 0.1) is 6.92 Å². The molecule has 2 aromatic carbocycles. The topological polar surface area (TPSA) is 79.3 Å². The minimum atomic E-state index is -0.108. The van der Waals surface area contributed by atoms with E-state index in [0.717, 1.165) is 33.9 Å². The van der Waals surface area contributed by atoms with Crippen LogP contribution in [0.15, 0.2) is 54.7 Å². The lowest BCUT2D eigenvalue weighted by Gasteiger charge is -2.27. The third-order valence-corrected chi connectivity index (χ3v) is 5.58. The Balaban J connectivity index is 1.54. The van der Waals surface area contributed by atoms with Gasteiger partial charge in [0.05, 0.1) is 11.4 Å². The summed E-state index contributed by atoms with van der Waals surface area (Å²) in [7, 11) is 0. The zero-order valence-corrected chi connectivity index (χ0v) is 16.1. The van der Waals surface area contributed by atoms with Crippen LogP contribution in [-0.4, -0.2) is 34.8 Å². The fraction of sp³-hybridized carbons (Fsp3) is 0.227. The van der Waals surface area contributed by atoms with Crippen molar-refractivity contribution in [2.24, 2.45) is 0 Å². The SMILES string of the molecule is Cc1nn(-c2ccccc2)cc1C1CC(=O)Nc2cc(N3CCNC3=O)ccc21. The predicted molar refractivity (Wildman–Crippen MR) is 111 cm³/mol. The van der Waals surface area contributed by atoms with Crippen LogP contribution < -0.4 is 15.5 Å². The van der Waals surface area contributed by atoms with Gasteiger partial charge in [0.2, 0.25) is 5.91 Å². The van der Waals surface area contributed by atoms with Crippen molar-refractivity contribution in [3.05, 3.63) is 71.5 Å². The lowest BCUT2D eigenvalue weighted by Crippen LogP contribution is -2.28. The Morgan fingerprint density at radius 2 is 1.86 bits per heavy atom. The van der Waals surface area contributed by atoms with E-state index in [2.05, 4.69) is 15.7 Å². The predicted octanol–water partition coefficient (Wildman–Crippen LogP) is 3.18. The summed E-state index contributed by atoms with van der Waals surface area (Å²) in [6, 6.07) is 15.7. The number of aryl methyl sites for hydroxylation is 1. The smallest absolute Gasteiger partial charge is 0.321 e. The fourth-order valence-corrected chi connectivity index (χ4v) is 4.14. The average molecular weight is 387 g/mol. The minimum absolute atomic E-state index is 0.0302. The molecule has 1 fully saturated rings. The molecule has 1 atom stereocenters. The number of carbonyl (C=O) groups excluding carboxylic acids is 2. The molecular formula is C22H21N5O2. The molecule has 3 heterocycles. The van der Waals surface area contributed by atoms with Crippen LogP contribution in [0.4, 0.5) is 16.2 Å². The minimum Gasteiger partial charge on any atom is -0.336 e. The van der Waals surface area contributed by atoms with Crippen molar-refractivity contribution < 1.29 is 9.59 Å². The number of anilines is 2. The van der Waals surface area contributed by atoms with Gasteiger partial charge in [0, 0.05) is 48.6 Å². The summed E-state index contributed by atoms with van der Waals surface area (Å²) in [5.74, 6) is -0.102. The number of rotatable bonds is 3. The number of aromatic nitrogens is 2. The van der Waals surface area contributed by atoms with Gasteiger partial charge in [0.15, 0.2) is 0 Å². The van der Waals surface area contributed by atoms with Gasteiger partial charge < -0.3 is 10.6 Å². The van der Waals surface area contributed by atoms with Gasteiger partial charge in [-0.3, -0.25) is 9.69 Å². The summed E-state index contributed by atoms with van der Waals surface area (Å²) in [4.78, 5) is 26.1. The number of nitrogens with zero attached hydrogens (tertiary/aromatic N) is 3. The van der Waals surface area contributed by atoms with E-state index < -0.39 is 0 Å². The summed E-state index contributed by atoms with van der Waals surface area (Å²) in [5, 5.41) is 10.4. The molecule has 5 rings (SSSR count). The van der Waals surface area contributed by atoms with Crippen molar-refractivity contribution in [1.82, 2.24) is 15.1 Å². The third kappa shape index (κ3) is 3.04. The molecule has 0 saturated carbocycles. The Hall–Kier alpha value is -3.61. The van der Waals surface area contributed by atoms with Gasteiger partial charge >= 0.3 is 6.03 Å². The molecule has 29 heavy (non-hydrogen) atoms. The van der Waals surface area contributed by atoms with Crippen LogP contribution >= 0.6 is 0 Å².